The van der Waals surface area contributed by atoms with Crippen molar-refractivity contribution >= 4 is 52.1 Å². The van der Waals surface area contributed by atoms with Crippen LogP contribution < -0.4 is 10.1 Å². The number of nitrogens with one attached hydrogen (secondary N) is 1. The van der Waals surface area contributed by atoms with E-state index < -0.39 is 0 Å². The number of benzene rings is 3. The van der Waals surface area contributed by atoms with Gasteiger partial charge in [0.2, 0.25) is 0 Å². The van der Waals surface area contributed by atoms with E-state index in [1.165, 1.54) is 0 Å². The van der Waals surface area contributed by atoms with Gasteiger partial charge in [0.25, 0.3) is 0 Å². The van der Waals surface area contributed by atoms with Crippen molar-refractivity contribution in [2.45, 2.75) is 13.2 Å². The van der Waals surface area contributed by atoms with Gasteiger partial charge in [0.15, 0.2) is 0 Å². The van der Waals surface area contributed by atoms with Gasteiger partial charge in [-0.05, 0) is 54.1 Å². The lowest BCUT2D eigenvalue weighted by molar-refractivity contribution is 0.303. The molecule has 3 aromatic rings. The van der Waals surface area contributed by atoms with Crippen molar-refractivity contribution in [2.75, 3.05) is 5.32 Å². The summed E-state index contributed by atoms with van der Waals surface area (Å²) in [7, 11) is 0. The number of hydrogen-bond donors (Lipinski definition) is 1. The Labute approximate surface area is 172 Å². The highest BCUT2D eigenvalue weighted by Gasteiger charge is 2.07. The third-order valence-electron chi connectivity index (χ3n) is 3.73. The summed E-state index contributed by atoms with van der Waals surface area (Å²) in [6.45, 7) is 0.979. The van der Waals surface area contributed by atoms with E-state index in [0.29, 0.717) is 33.2 Å². The van der Waals surface area contributed by atoms with Crippen molar-refractivity contribution in [3.8, 4) is 5.75 Å². The molecule has 3 rings (SSSR count). The Morgan fingerprint density at radius 2 is 1.46 bits per heavy atom. The van der Waals surface area contributed by atoms with Gasteiger partial charge >= 0.3 is 0 Å². The molecule has 0 fully saturated rings. The summed E-state index contributed by atoms with van der Waals surface area (Å²) in [6, 6.07) is 18.5. The molecule has 3 aromatic carbocycles. The van der Waals surface area contributed by atoms with Crippen LogP contribution in [-0.2, 0) is 13.2 Å². The highest BCUT2D eigenvalue weighted by atomic mass is 35.5. The molecule has 0 aromatic heterocycles. The van der Waals surface area contributed by atoms with E-state index in [9.17, 15) is 0 Å². The van der Waals surface area contributed by atoms with Crippen LogP contribution in [0.2, 0.25) is 20.1 Å². The number of ether oxygens (including phenoxy) is 1. The van der Waals surface area contributed by atoms with Crippen LogP contribution in [0.1, 0.15) is 11.1 Å². The average molecular weight is 427 g/mol. The molecule has 6 heteroatoms. The third kappa shape index (κ3) is 5.21. The number of halogens is 4. The van der Waals surface area contributed by atoms with Crippen LogP contribution in [0.15, 0.2) is 60.7 Å². The maximum atomic E-state index is 6.14. The second-order valence-electron chi connectivity index (χ2n) is 5.65. The molecule has 0 atom stereocenters. The van der Waals surface area contributed by atoms with Gasteiger partial charge in [-0.2, -0.15) is 0 Å². The molecule has 0 heterocycles. The van der Waals surface area contributed by atoms with Gasteiger partial charge in [0.1, 0.15) is 12.4 Å². The second kappa shape index (κ2) is 8.88. The molecule has 2 nitrogen and oxygen atoms in total. The summed E-state index contributed by atoms with van der Waals surface area (Å²) < 4.78 is 5.96. The number of anilines is 1. The van der Waals surface area contributed by atoms with Crippen LogP contribution in [0.3, 0.4) is 0 Å². The molecule has 0 unspecified atom stereocenters. The van der Waals surface area contributed by atoms with E-state index in [1.807, 2.05) is 42.5 Å². The molecular weight excluding hydrogens is 412 g/mol. The number of hydrogen-bond acceptors (Lipinski definition) is 2. The van der Waals surface area contributed by atoms with Gasteiger partial charge in [0.05, 0.1) is 10.0 Å². The van der Waals surface area contributed by atoms with E-state index in [1.54, 1.807) is 18.2 Å². The third-order valence-corrected chi connectivity index (χ3v) is 4.96. The van der Waals surface area contributed by atoms with E-state index in [4.69, 9.17) is 51.1 Å². The summed E-state index contributed by atoms with van der Waals surface area (Å²) in [4.78, 5) is 0. The zero-order chi connectivity index (χ0) is 18.5. The van der Waals surface area contributed by atoms with Gasteiger partial charge in [-0.3, -0.25) is 0 Å². The Hall–Kier alpha value is -1.58. The predicted molar refractivity (Wildman–Crippen MR) is 111 cm³/mol. The van der Waals surface area contributed by atoms with Gasteiger partial charge in [-0.1, -0.05) is 58.5 Å². The smallest absolute Gasteiger partial charge is 0.124 e. The Bertz CT molecular complexity index is 897. The van der Waals surface area contributed by atoms with Crippen LogP contribution in [-0.4, -0.2) is 0 Å². The maximum absolute atomic E-state index is 6.14. The minimum absolute atomic E-state index is 0.443. The van der Waals surface area contributed by atoms with Crippen LogP contribution >= 0.6 is 46.4 Å². The molecule has 0 saturated heterocycles. The van der Waals surface area contributed by atoms with Crippen molar-refractivity contribution in [1.29, 1.82) is 0 Å². The number of rotatable bonds is 6. The van der Waals surface area contributed by atoms with Crippen LogP contribution in [0.5, 0.6) is 5.75 Å². The van der Waals surface area contributed by atoms with Crippen molar-refractivity contribution in [3.05, 3.63) is 91.9 Å². The summed E-state index contributed by atoms with van der Waals surface area (Å²) in [5, 5.41) is 5.67. The molecular formula is C20H15Cl4NO. The Balaban J connectivity index is 1.70. The molecule has 26 heavy (non-hydrogen) atoms. The fraction of sp³-hybridized carbons (Fsp3) is 0.100. The van der Waals surface area contributed by atoms with Gasteiger partial charge in [-0.15, -0.1) is 0 Å². The highest BCUT2D eigenvalue weighted by molar-refractivity contribution is 6.42. The SMILES string of the molecule is Clc1ccc(COc2ccc(Cl)cc2CNc2ccc(Cl)c(Cl)c2)cc1. The molecule has 134 valence electrons. The lowest BCUT2D eigenvalue weighted by atomic mass is 10.2. The van der Waals surface area contributed by atoms with Gasteiger partial charge in [-0.25, -0.2) is 0 Å². The maximum Gasteiger partial charge on any atom is 0.124 e. The summed E-state index contributed by atoms with van der Waals surface area (Å²) >= 11 is 24.1. The minimum atomic E-state index is 0.443. The van der Waals surface area contributed by atoms with E-state index >= 15 is 0 Å². The van der Waals surface area contributed by atoms with Crippen LogP contribution in [0.4, 0.5) is 5.69 Å². The molecule has 0 spiro atoms. The molecule has 0 amide bonds. The molecule has 0 aliphatic heterocycles. The molecule has 0 saturated carbocycles. The normalized spacial score (nSPS) is 10.6. The predicted octanol–water partition coefficient (Wildman–Crippen LogP) is 7.49. The zero-order valence-corrected chi connectivity index (χ0v) is 16.6. The first-order valence-electron chi connectivity index (χ1n) is 7.86. The van der Waals surface area contributed by atoms with Crippen molar-refractivity contribution in [3.63, 3.8) is 0 Å². The second-order valence-corrected chi connectivity index (χ2v) is 7.34. The summed E-state index contributed by atoms with van der Waals surface area (Å²) in [5.74, 6) is 0.761. The van der Waals surface area contributed by atoms with Gasteiger partial charge < -0.3 is 10.1 Å². The van der Waals surface area contributed by atoms with Crippen molar-refractivity contribution < 1.29 is 4.74 Å². The van der Waals surface area contributed by atoms with Crippen LogP contribution in [0, 0.1) is 0 Å². The lowest BCUT2D eigenvalue weighted by Gasteiger charge is -2.14. The van der Waals surface area contributed by atoms with Crippen molar-refractivity contribution in [1.82, 2.24) is 0 Å². The quantitative estimate of drug-likeness (QED) is 0.440. The Kier molecular flexibility index (Phi) is 6.55. The van der Waals surface area contributed by atoms with E-state index in [0.717, 1.165) is 22.6 Å². The average Bonchev–Trinajstić information content (AvgIpc) is 2.63. The van der Waals surface area contributed by atoms with E-state index in [2.05, 4.69) is 5.32 Å². The fourth-order valence-electron chi connectivity index (χ4n) is 2.37. The molecule has 0 aliphatic rings. The Morgan fingerprint density at radius 3 is 2.19 bits per heavy atom. The monoisotopic (exact) mass is 425 g/mol. The first-order valence-corrected chi connectivity index (χ1v) is 9.37. The van der Waals surface area contributed by atoms with E-state index in [-0.39, 0.29) is 0 Å². The minimum Gasteiger partial charge on any atom is -0.489 e. The Morgan fingerprint density at radius 1 is 0.731 bits per heavy atom. The lowest BCUT2D eigenvalue weighted by Crippen LogP contribution is -2.04. The summed E-state index contributed by atoms with van der Waals surface area (Å²) in [5.41, 5.74) is 2.84. The largest absolute Gasteiger partial charge is 0.489 e. The van der Waals surface area contributed by atoms with Crippen LogP contribution in [0.25, 0.3) is 0 Å². The first-order chi connectivity index (χ1) is 12.5. The van der Waals surface area contributed by atoms with Gasteiger partial charge in [0, 0.05) is 27.8 Å². The zero-order valence-electron chi connectivity index (χ0n) is 13.6. The molecule has 0 bridgehead atoms. The molecule has 0 radical (unpaired) electrons. The topological polar surface area (TPSA) is 21.3 Å². The summed E-state index contributed by atoms with van der Waals surface area (Å²) in [6.07, 6.45) is 0. The molecule has 0 aliphatic carbocycles. The first kappa shape index (κ1) is 19.2. The highest BCUT2D eigenvalue weighted by Crippen LogP contribution is 2.28. The standard InChI is InChI=1S/C20H15Cl4NO/c21-15-3-1-13(2-4-15)12-26-20-8-5-16(22)9-14(20)11-25-17-6-7-18(23)19(24)10-17/h1-10,25H,11-12H2. The van der Waals surface area contributed by atoms with Crippen molar-refractivity contribution in [2.24, 2.45) is 0 Å². The fourth-order valence-corrected chi connectivity index (χ4v) is 2.99. The molecule has 1 N–H and O–H groups in total.